The first kappa shape index (κ1) is 21.2. The fourth-order valence-corrected chi connectivity index (χ4v) is 4.35. The summed E-state index contributed by atoms with van der Waals surface area (Å²) in [6.45, 7) is 1.14. The van der Waals surface area contributed by atoms with Crippen LogP contribution in [0.25, 0.3) is 5.82 Å². The standard InChI is InChI=1S/C21H23N5O4S/c27-21(23-14-16-7-8-20(22-13-16)26-10-3-9-24-26)17-4-1-6-19(12-17)31(28,29)25-15-18-5-2-11-30-18/h1,3-4,6-10,12-13,18,25H,2,5,11,14-15H2,(H,23,27). The summed E-state index contributed by atoms with van der Waals surface area (Å²) in [7, 11) is -3.73. The average molecular weight is 442 g/mol. The number of benzene rings is 1. The molecule has 0 bridgehead atoms. The van der Waals surface area contributed by atoms with E-state index in [9.17, 15) is 13.2 Å². The minimum atomic E-state index is -3.73. The van der Waals surface area contributed by atoms with Crippen LogP contribution in [0.4, 0.5) is 0 Å². The Morgan fingerprint density at radius 1 is 1.23 bits per heavy atom. The summed E-state index contributed by atoms with van der Waals surface area (Å²) in [5, 5.41) is 6.91. The van der Waals surface area contributed by atoms with Crippen molar-refractivity contribution in [1.82, 2.24) is 24.8 Å². The van der Waals surface area contributed by atoms with Crippen LogP contribution in [0.2, 0.25) is 0 Å². The SMILES string of the molecule is O=C(NCc1ccc(-n2cccn2)nc1)c1cccc(S(=O)(=O)NCC2CCCO2)c1. The van der Waals surface area contributed by atoms with Crippen LogP contribution in [0.15, 0.2) is 66.0 Å². The predicted molar refractivity (Wildman–Crippen MR) is 113 cm³/mol. The molecule has 9 nitrogen and oxygen atoms in total. The number of carbonyl (C=O) groups excluding carboxylic acids is 1. The van der Waals surface area contributed by atoms with Crippen LogP contribution < -0.4 is 10.0 Å². The molecule has 1 amide bonds. The molecule has 3 heterocycles. The summed E-state index contributed by atoms with van der Waals surface area (Å²) in [6.07, 6.45) is 6.79. The molecule has 1 unspecified atom stereocenters. The molecule has 31 heavy (non-hydrogen) atoms. The quantitative estimate of drug-likeness (QED) is 0.549. The third kappa shape index (κ3) is 5.35. The van der Waals surface area contributed by atoms with Gasteiger partial charge in [0.05, 0.1) is 11.0 Å². The monoisotopic (exact) mass is 441 g/mol. The van der Waals surface area contributed by atoms with Crippen molar-refractivity contribution in [3.05, 3.63) is 72.2 Å². The Kier molecular flexibility index (Phi) is 6.40. The molecule has 1 atom stereocenters. The maximum atomic E-state index is 12.6. The van der Waals surface area contributed by atoms with Gasteiger partial charge in [-0.1, -0.05) is 12.1 Å². The molecule has 162 valence electrons. The largest absolute Gasteiger partial charge is 0.377 e. The lowest BCUT2D eigenvalue weighted by Crippen LogP contribution is -2.32. The van der Waals surface area contributed by atoms with E-state index < -0.39 is 10.0 Å². The van der Waals surface area contributed by atoms with Crippen LogP contribution in [-0.2, 0) is 21.3 Å². The normalized spacial score (nSPS) is 16.3. The minimum absolute atomic E-state index is 0.0448. The van der Waals surface area contributed by atoms with Crippen molar-refractivity contribution in [1.29, 1.82) is 0 Å². The fraction of sp³-hybridized carbons (Fsp3) is 0.286. The Balaban J connectivity index is 1.36. The van der Waals surface area contributed by atoms with Gasteiger partial charge in [-0.25, -0.2) is 22.8 Å². The van der Waals surface area contributed by atoms with Crippen molar-refractivity contribution in [3.63, 3.8) is 0 Å². The third-order valence-electron chi connectivity index (χ3n) is 4.93. The summed E-state index contributed by atoms with van der Waals surface area (Å²) in [5.74, 6) is 0.306. The number of rotatable bonds is 8. The van der Waals surface area contributed by atoms with E-state index in [-0.39, 0.29) is 35.6 Å². The van der Waals surface area contributed by atoms with Gasteiger partial charge in [0, 0.05) is 43.9 Å². The number of amides is 1. The number of sulfonamides is 1. The van der Waals surface area contributed by atoms with E-state index in [4.69, 9.17) is 4.74 Å². The molecule has 2 aromatic heterocycles. The molecule has 1 saturated heterocycles. The van der Waals surface area contributed by atoms with Gasteiger partial charge in [-0.3, -0.25) is 4.79 Å². The summed E-state index contributed by atoms with van der Waals surface area (Å²) in [4.78, 5) is 16.9. The second-order valence-corrected chi connectivity index (χ2v) is 8.94. The van der Waals surface area contributed by atoms with Crippen LogP contribution in [0.3, 0.4) is 0 Å². The van der Waals surface area contributed by atoms with Gasteiger partial charge in [-0.05, 0) is 48.7 Å². The zero-order chi connectivity index (χ0) is 21.7. The number of ether oxygens (including phenoxy) is 1. The highest BCUT2D eigenvalue weighted by molar-refractivity contribution is 7.89. The third-order valence-corrected chi connectivity index (χ3v) is 6.35. The van der Waals surface area contributed by atoms with Crippen LogP contribution in [-0.4, -0.2) is 48.3 Å². The lowest BCUT2D eigenvalue weighted by Gasteiger charge is -2.12. The van der Waals surface area contributed by atoms with E-state index in [2.05, 4.69) is 20.1 Å². The second-order valence-electron chi connectivity index (χ2n) is 7.17. The molecule has 0 aliphatic carbocycles. The average Bonchev–Trinajstić information content (AvgIpc) is 3.51. The van der Waals surface area contributed by atoms with Crippen LogP contribution in [0.5, 0.6) is 0 Å². The molecule has 1 aliphatic rings. The molecule has 1 fully saturated rings. The first-order chi connectivity index (χ1) is 15.0. The fourth-order valence-electron chi connectivity index (χ4n) is 3.24. The minimum Gasteiger partial charge on any atom is -0.377 e. The summed E-state index contributed by atoms with van der Waals surface area (Å²) in [6, 6.07) is 11.4. The molecule has 4 rings (SSSR count). The molecule has 2 N–H and O–H groups in total. The van der Waals surface area contributed by atoms with Crippen LogP contribution in [0.1, 0.15) is 28.8 Å². The van der Waals surface area contributed by atoms with Gasteiger partial charge < -0.3 is 10.1 Å². The number of hydrogen-bond acceptors (Lipinski definition) is 6. The molecule has 0 radical (unpaired) electrons. The number of hydrogen-bond donors (Lipinski definition) is 2. The van der Waals surface area contributed by atoms with Gasteiger partial charge in [-0.15, -0.1) is 0 Å². The topological polar surface area (TPSA) is 115 Å². The molecule has 0 spiro atoms. The lowest BCUT2D eigenvalue weighted by atomic mass is 10.2. The predicted octanol–water partition coefficient (Wildman–Crippen LogP) is 1.65. The Bertz CT molecular complexity index is 1120. The van der Waals surface area contributed by atoms with E-state index in [1.165, 1.54) is 12.1 Å². The Morgan fingerprint density at radius 3 is 2.84 bits per heavy atom. The van der Waals surface area contributed by atoms with Crippen molar-refractivity contribution in [2.24, 2.45) is 0 Å². The molecular weight excluding hydrogens is 418 g/mol. The van der Waals surface area contributed by atoms with Crippen molar-refractivity contribution >= 4 is 15.9 Å². The van der Waals surface area contributed by atoms with Crippen LogP contribution >= 0.6 is 0 Å². The zero-order valence-electron chi connectivity index (χ0n) is 16.8. The molecule has 0 saturated carbocycles. The smallest absolute Gasteiger partial charge is 0.251 e. The molecule has 3 aromatic rings. The van der Waals surface area contributed by atoms with Crippen molar-refractivity contribution in [3.8, 4) is 5.82 Å². The van der Waals surface area contributed by atoms with E-state index in [1.807, 2.05) is 12.1 Å². The Labute approximate surface area is 180 Å². The van der Waals surface area contributed by atoms with E-state index in [0.717, 1.165) is 18.4 Å². The molecule has 1 aliphatic heterocycles. The van der Waals surface area contributed by atoms with Gasteiger partial charge in [0.25, 0.3) is 5.91 Å². The second kappa shape index (κ2) is 9.38. The van der Waals surface area contributed by atoms with E-state index >= 15 is 0 Å². The van der Waals surface area contributed by atoms with Crippen molar-refractivity contribution in [2.45, 2.75) is 30.4 Å². The first-order valence-corrected chi connectivity index (χ1v) is 11.4. The number of nitrogens with one attached hydrogen (secondary N) is 2. The highest BCUT2D eigenvalue weighted by Gasteiger charge is 2.21. The summed E-state index contributed by atoms with van der Waals surface area (Å²) in [5.41, 5.74) is 1.08. The first-order valence-electron chi connectivity index (χ1n) is 9.96. The molecule has 10 heteroatoms. The molecular formula is C21H23N5O4S. The van der Waals surface area contributed by atoms with Crippen molar-refractivity contribution < 1.29 is 17.9 Å². The number of aromatic nitrogens is 3. The van der Waals surface area contributed by atoms with Gasteiger partial charge >= 0.3 is 0 Å². The highest BCUT2D eigenvalue weighted by atomic mass is 32.2. The number of pyridine rings is 1. The lowest BCUT2D eigenvalue weighted by molar-refractivity contribution is 0.0950. The van der Waals surface area contributed by atoms with Crippen LogP contribution in [0, 0.1) is 0 Å². The highest BCUT2D eigenvalue weighted by Crippen LogP contribution is 2.15. The van der Waals surface area contributed by atoms with Gasteiger partial charge in [-0.2, -0.15) is 5.10 Å². The Hall–Kier alpha value is -3.08. The zero-order valence-corrected chi connectivity index (χ0v) is 17.6. The number of carbonyl (C=O) groups is 1. The van der Waals surface area contributed by atoms with Gasteiger partial charge in [0.15, 0.2) is 5.82 Å². The van der Waals surface area contributed by atoms with Gasteiger partial charge in [0.2, 0.25) is 10.0 Å². The molecule has 1 aromatic carbocycles. The van der Waals surface area contributed by atoms with E-state index in [0.29, 0.717) is 12.4 Å². The Morgan fingerprint density at radius 2 is 2.13 bits per heavy atom. The van der Waals surface area contributed by atoms with Gasteiger partial charge in [0.1, 0.15) is 0 Å². The summed E-state index contributed by atoms with van der Waals surface area (Å²) < 4.78 is 34.8. The number of nitrogens with zero attached hydrogens (tertiary/aromatic N) is 3. The maximum absolute atomic E-state index is 12.6. The summed E-state index contributed by atoms with van der Waals surface area (Å²) >= 11 is 0. The van der Waals surface area contributed by atoms with E-state index in [1.54, 1.807) is 41.5 Å². The van der Waals surface area contributed by atoms with Crippen molar-refractivity contribution in [2.75, 3.05) is 13.2 Å². The maximum Gasteiger partial charge on any atom is 0.251 e.